The van der Waals surface area contributed by atoms with Gasteiger partial charge in [0.1, 0.15) is 5.82 Å². The van der Waals surface area contributed by atoms with Crippen LogP contribution in [0.2, 0.25) is 0 Å². The van der Waals surface area contributed by atoms with Crippen LogP contribution in [0.3, 0.4) is 0 Å². The second kappa shape index (κ2) is 7.43. The van der Waals surface area contributed by atoms with Crippen LogP contribution in [-0.2, 0) is 13.0 Å². The predicted molar refractivity (Wildman–Crippen MR) is 102 cm³/mol. The summed E-state index contributed by atoms with van der Waals surface area (Å²) in [6, 6.07) is 6.96. The van der Waals surface area contributed by atoms with Gasteiger partial charge in [0.15, 0.2) is 5.69 Å². The molecule has 3 aliphatic heterocycles. The molecule has 0 spiro atoms. The van der Waals surface area contributed by atoms with Gasteiger partial charge >= 0.3 is 0 Å². The highest BCUT2D eigenvalue weighted by Crippen LogP contribution is 2.30. The largest absolute Gasteiger partial charge is 0.333 e. The third kappa shape index (κ3) is 3.63. The van der Waals surface area contributed by atoms with Crippen molar-refractivity contribution in [3.8, 4) is 0 Å². The number of nitrogens with zero attached hydrogens (tertiary/aromatic N) is 3. The summed E-state index contributed by atoms with van der Waals surface area (Å²) >= 11 is 0. The lowest BCUT2D eigenvalue weighted by molar-refractivity contribution is 0.0578. The number of aryl methyl sites for hydroxylation is 1. The zero-order valence-electron chi connectivity index (χ0n) is 16.0. The van der Waals surface area contributed by atoms with Crippen LogP contribution in [0.1, 0.15) is 47.1 Å². The molecule has 5 nitrogen and oxygen atoms in total. The molecule has 0 aliphatic carbocycles. The molecule has 27 heavy (non-hydrogen) atoms. The van der Waals surface area contributed by atoms with Crippen LogP contribution < -0.4 is 0 Å². The summed E-state index contributed by atoms with van der Waals surface area (Å²) in [5.41, 5.74) is 3.71. The van der Waals surface area contributed by atoms with E-state index in [0.717, 1.165) is 62.3 Å². The molecule has 2 atom stereocenters. The van der Waals surface area contributed by atoms with E-state index in [0.29, 0.717) is 11.6 Å². The number of carbonyl (C=O) groups excluding carboxylic acids is 1. The number of piperidine rings is 1. The second-order valence-corrected chi connectivity index (χ2v) is 7.90. The van der Waals surface area contributed by atoms with Crippen molar-refractivity contribution in [2.45, 2.75) is 45.7 Å². The standard InChI is InChI=1S/C21H27FN4O/c1-3-19-14(2)20(24-23-19)21(27)26-12-16-6-9-18(26)13-25(11-16)10-15-4-7-17(22)8-5-15/h4-5,7-8,16,18H,3,6,9-13H2,1-2H3,(H,23,24)/t16-,18+/m0/s1. The summed E-state index contributed by atoms with van der Waals surface area (Å²) in [4.78, 5) is 17.6. The summed E-state index contributed by atoms with van der Waals surface area (Å²) in [5, 5.41) is 7.32. The summed E-state index contributed by atoms with van der Waals surface area (Å²) in [5.74, 6) is 0.340. The Labute approximate surface area is 159 Å². The number of nitrogens with one attached hydrogen (secondary N) is 1. The van der Waals surface area contributed by atoms with Gasteiger partial charge in [-0.3, -0.25) is 14.8 Å². The molecule has 1 amide bonds. The average molecular weight is 370 g/mol. The molecule has 0 unspecified atom stereocenters. The molecule has 3 aliphatic rings. The van der Waals surface area contributed by atoms with E-state index in [-0.39, 0.29) is 17.8 Å². The SMILES string of the molecule is CCc1[nH]nc(C(=O)N2C[C@H]3CC[C@@H]2CN(Cc2ccc(F)cc2)C3)c1C. The molecular weight excluding hydrogens is 343 g/mol. The number of carbonyl (C=O) groups is 1. The van der Waals surface area contributed by atoms with Crippen LogP contribution in [0.4, 0.5) is 4.39 Å². The summed E-state index contributed by atoms with van der Waals surface area (Å²) in [6.45, 7) is 7.50. The van der Waals surface area contributed by atoms with E-state index in [2.05, 4.69) is 22.0 Å². The van der Waals surface area contributed by atoms with E-state index in [1.54, 1.807) is 0 Å². The van der Waals surface area contributed by atoms with Crippen LogP contribution in [-0.4, -0.2) is 51.6 Å². The number of benzene rings is 1. The first-order valence-electron chi connectivity index (χ1n) is 9.86. The maximum atomic E-state index is 13.2. The van der Waals surface area contributed by atoms with Crippen molar-refractivity contribution in [2.24, 2.45) is 5.92 Å². The number of amides is 1. The smallest absolute Gasteiger partial charge is 0.274 e. The van der Waals surface area contributed by atoms with Gasteiger partial charge in [-0.05, 0) is 49.8 Å². The van der Waals surface area contributed by atoms with Gasteiger partial charge in [-0.2, -0.15) is 5.10 Å². The summed E-state index contributed by atoms with van der Waals surface area (Å²) in [7, 11) is 0. The van der Waals surface area contributed by atoms with Gasteiger partial charge in [-0.15, -0.1) is 0 Å². The van der Waals surface area contributed by atoms with Crippen molar-refractivity contribution in [2.75, 3.05) is 19.6 Å². The van der Waals surface area contributed by atoms with Crippen molar-refractivity contribution in [1.29, 1.82) is 0 Å². The van der Waals surface area contributed by atoms with E-state index < -0.39 is 0 Å². The van der Waals surface area contributed by atoms with Gasteiger partial charge in [0, 0.05) is 43.5 Å². The monoisotopic (exact) mass is 370 g/mol. The van der Waals surface area contributed by atoms with Crippen LogP contribution in [0.25, 0.3) is 0 Å². The van der Waals surface area contributed by atoms with Gasteiger partial charge in [-0.1, -0.05) is 19.1 Å². The Morgan fingerprint density at radius 2 is 2.00 bits per heavy atom. The van der Waals surface area contributed by atoms with E-state index >= 15 is 0 Å². The first kappa shape index (κ1) is 18.2. The maximum Gasteiger partial charge on any atom is 0.274 e. The summed E-state index contributed by atoms with van der Waals surface area (Å²) < 4.78 is 13.2. The molecule has 2 bridgehead atoms. The number of H-pyrrole nitrogens is 1. The van der Waals surface area contributed by atoms with Gasteiger partial charge in [0.2, 0.25) is 0 Å². The Kier molecular flexibility index (Phi) is 5.00. The van der Waals surface area contributed by atoms with Crippen molar-refractivity contribution >= 4 is 5.91 Å². The molecule has 3 fully saturated rings. The molecule has 2 aromatic rings. The molecule has 0 saturated carbocycles. The Balaban J connectivity index is 1.50. The Bertz CT molecular complexity index is 816. The second-order valence-electron chi connectivity index (χ2n) is 7.90. The van der Waals surface area contributed by atoms with Gasteiger partial charge in [-0.25, -0.2) is 4.39 Å². The lowest BCUT2D eigenvalue weighted by Gasteiger charge is -2.36. The zero-order chi connectivity index (χ0) is 19.0. The minimum absolute atomic E-state index is 0.0572. The topological polar surface area (TPSA) is 52.2 Å². The molecule has 4 heterocycles. The average Bonchev–Trinajstić information content (AvgIpc) is 2.83. The van der Waals surface area contributed by atoms with Crippen molar-refractivity contribution < 1.29 is 9.18 Å². The van der Waals surface area contributed by atoms with Crippen LogP contribution in [0.5, 0.6) is 0 Å². The van der Waals surface area contributed by atoms with Gasteiger partial charge < -0.3 is 4.90 Å². The Morgan fingerprint density at radius 3 is 2.70 bits per heavy atom. The number of aromatic amines is 1. The Hall–Kier alpha value is -2.21. The normalized spacial score (nSPS) is 22.9. The number of hydrogen-bond donors (Lipinski definition) is 1. The first-order valence-corrected chi connectivity index (χ1v) is 9.86. The Morgan fingerprint density at radius 1 is 1.22 bits per heavy atom. The molecule has 3 saturated heterocycles. The fourth-order valence-corrected chi connectivity index (χ4v) is 4.53. The van der Waals surface area contributed by atoms with Crippen LogP contribution in [0, 0.1) is 18.7 Å². The van der Waals surface area contributed by atoms with E-state index in [4.69, 9.17) is 0 Å². The third-order valence-electron chi connectivity index (χ3n) is 6.04. The third-order valence-corrected chi connectivity index (χ3v) is 6.04. The zero-order valence-corrected chi connectivity index (χ0v) is 16.0. The number of hydrogen-bond acceptors (Lipinski definition) is 3. The minimum atomic E-state index is -0.202. The molecule has 1 aromatic carbocycles. The number of aromatic nitrogens is 2. The fourth-order valence-electron chi connectivity index (χ4n) is 4.53. The molecule has 144 valence electrons. The predicted octanol–water partition coefficient (Wildman–Crippen LogP) is 3.16. The van der Waals surface area contributed by atoms with Crippen molar-refractivity contribution in [3.63, 3.8) is 0 Å². The molecule has 6 heteroatoms. The van der Waals surface area contributed by atoms with Crippen LogP contribution >= 0.6 is 0 Å². The van der Waals surface area contributed by atoms with Crippen molar-refractivity contribution in [3.05, 3.63) is 52.6 Å². The first-order chi connectivity index (χ1) is 13.0. The molecular formula is C21H27FN4O. The maximum absolute atomic E-state index is 13.2. The molecule has 1 aromatic heterocycles. The quantitative estimate of drug-likeness (QED) is 0.899. The van der Waals surface area contributed by atoms with Gasteiger partial charge in [0.05, 0.1) is 0 Å². The van der Waals surface area contributed by atoms with Crippen molar-refractivity contribution in [1.82, 2.24) is 20.0 Å². The highest BCUT2D eigenvalue weighted by Gasteiger charge is 2.38. The highest BCUT2D eigenvalue weighted by molar-refractivity contribution is 5.94. The lowest BCUT2D eigenvalue weighted by Crippen LogP contribution is -2.47. The number of rotatable bonds is 4. The van der Waals surface area contributed by atoms with Gasteiger partial charge in [0.25, 0.3) is 5.91 Å². The lowest BCUT2D eigenvalue weighted by atomic mass is 9.94. The van der Waals surface area contributed by atoms with Crippen LogP contribution in [0.15, 0.2) is 24.3 Å². The minimum Gasteiger partial charge on any atom is -0.333 e. The fraction of sp³-hybridized carbons (Fsp3) is 0.524. The number of fused-ring (bicyclic) bond motifs is 4. The molecule has 1 N–H and O–H groups in total. The van der Waals surface area contributed by atoms with E-state index in [9.17, 15) is 9.18 Å². The molecule has 0 radical (unpaired) electrons. The molecule has 5 rings (SSSR count). The van der Waals surface area contributed by atoms with E-state index in [1.165, 1.54) is 12.1 Å². The summed E-state index contributed by atoms with van der Waals surface area (Å²) in [6.07, 6.45) is 3.05. The highest BCUT2D eigenvalue weighted by atomic mass is 19.1. The van der Waals surface area contributed by atoms with E-state index in [1.807, 2.05) is 24.0 Å². The number of halogens is 1.